The minimum Gasteiger partial charge on any atom is -0.256 e. The zero-order valence-corrected chi connectivity index (χ0v) is 28.8. The van der Waals surface area contributed by atoms with Crippen molar-refractivity contribution in [1.29, 1.82) is 0 Å². The summed E-state index contributed by atoms with van der Waals surface area (Å²) in [7, 11) is 0. The lowest BCUT2D eigenvalue weighted by atomic mass is 9.61. The topological polar surface area (TPSA) is 12.9 Å². The first-order valence-corrected chi connectivity index (χ1v) is 18.5. The van der Waals surface area contributed by atoms with Crippen LogP contribution >= 0.6 is 0 Å². The molecule has 0 amide bonds. The van der Waals surface area contributed by atoms with Gasteiger partial charge in [0.1, 0.15) is 0 Å². The van der Waals surface area contributed by atoms with Gasteiger partial charge >= 0.3 is 0 Å². The zero-order valence-electron chi connectivity index (χ0n) is 28.8. The van der Waals surface area contributed by atoms with E-state index in [0.717, 1.165) is 5.69 Å². The number of pyridine rings is 1. The van der Waals surface area contributed by atoms with Crippen LogP contribution < -0.4 is 0 Å². The Kier molecular flexibility index (Phi) is 5.77. The summed E-state index contributed by atoms with van der Waals surface area (Å²) in [5, 5.41) is 10.2. The third kappa shape index (κ3) is 3.68. The van der Waals surface area contributed by atoms with E-state index in [9.17, 15) is 0 Å². The number of fused-ring (bicyclic) bond motifs is 12. The van der Waals surface area contributed by atoms with Crippen LogP contribution in [0, 0.1) is 0 Å². The van der Waals surface area contributed by atoms with Gasteiger partial charge in [0.2, 0.25) is 0 Å². The van der Waals surface area contributed by atoms with Crippen molar-refractivity contribution >= 4 is 43.1 Å². The largest absolute Gasteiger partial charge is 0.256 e. The van der Waals surface area contributed by atoms with Crippen molar-refractivity contribution in [2.24, 2.45) is 0 Å². The molecule has 2 aliphatic rings. The molecule has 1 nitrogen and oxygen atoms in total. The van der Waals surface area contributed by atoms with E-state index in [1.807, 2.05) is 6.20 Å². The van der Waals surface area contributed by atoms with E-state index < -0.39 is 5.41 Å². The summed E-state index contributed by atoms with van der Waals surface area (Å²) in [6.07, 6.45) is 1.95. The van der Waals surface area contributed by atoms with Crippen LogP contribution in [-0.2, 0) is 5.41 Å². The summed E-state index contributed by atoms with van der Waals surface area (Å²) in [5.74, 6) is 0. The quantitative estimate of drug-likeness (QED) is 0.167. The van der Waals surface area contributed by atoms with Crippen molar-refractivity contribution in [2.75, 3.05) is 0 Å². The fraction of sp³-hybridized carbons (Fsp3) is 0.0192. The third-order valence-electron chi connectivity index (χ3n) is 12.1. The summed E-state index contributed by atoms with van der Waals surface area (Å²) in [6.45, 7) is 0. The van der Waals surface area contributed by atoms with Crippen LogP contribution in [0.1, 0.15) is 22.3 Å². The Bertz CT molecular complexity index is 3120. The molecule has 2 aliphatic carbocycles. The maximum atomic E-state index is 5.12. The molecule has 1 aromatic heterocycles. The summed E-state index contributed by atoms with van der Waals surface area (Å²) in [4.78, 5) is 5.12. The molecule has 10 aromatic rings. The van der Waals surface area contributed by atoms with Gasteiger partial charge in [0.15, 0.2) is 0 Å². The van der Waals surface area contributed by atoms with E-state index in [2.05, 4.69) is 182 Å². The van der Waals surface area contributed by atoms with Gasteiger partial charge in [-0.1, -0.05) is 170 Å². The van der Waals surface area contributed by atoms with Crippen molar-refractivity contribution in [2.45, 2.75) is 5.41 Å². The van der Waals surface area contributed by atoms with E-state index in [0.29, 0.717) is 0 Å². The smallest absolute Gasteiger partial charge is 0.0753 e. The molecule has 53 heavy (non-hydrogen) atoms. The van der Waals surface area contributed by atoms with Crippen LogP contribution in [0.4, 0.5) is 0 Å². The van der Waals surface area contributed by atoms with Gasteiger partial charge in [-0.2, -0.15) is 0 Å². The van der Waals surface area contributed by atoms with Crippen LogP contribution in [0.2, 0.25) is 0 Å². The van der Waals surface area contributed by atoms with E-state index in [1.54, 1.807) is 0 Å². The Morgan fingerprint density at radius 2 is 0.906 bits per heavy atom. The molecular formula is C52H31N. The van der Waals surface area contributed by atoms with Gasteiger partial charge in [0, 0.05) is 11.8 Å². The molecule has 1 heterocycles. The van der Waals surface area contributed by atoms with Gasteiger partial charge in [-0.05, 0) is 111 Å². The lowest BCUT2D eigenvalue weighted by Crippen LogP contribution is -2.31. The summed E-state index contributed by atoms with van der Waals surface area (Å²) in [5.41, 5.74) is 14.6. The van der Waals surface area contributed by atoms with Crippen LogP contribution in [-0.4, -0.2) is 4.98 Å². The third-order valence-corrected chi connectivity index (χ3v) is 12.1. The SMILES string of the molecule is c1ccc2c(c1)-c1cccc3cccc(c13)C21c2cc(-c3c4ccccc4c(-c4cccc5ccccc45)c4ccccc34)ccc2-c2ncccc21. The molecule has 0 aliphatic heterocycles. The molecule has 0 bridgehead atoms. The van der Waals surface area contributed by atoms with Crippen molar-refractivity contribution in [1.82, 2.24) is 4.98 Å². The molecule has 1 unspecified atom stereocenters. The molecule has 1 atom stereocenters. The highest BCUT2D eigenvalue weighted by Gasteiger charge is 2.50. The van der Waals surface area contributed by atoms with E-state index in [1.165, 1.54) is 104 Å². The van der Waals surface area contributed by atoms with Crippen molar-refractivity contribution < 1.29 is 0 Å². The molecule has 0 saturated heterocycles. The predicted octanol–water partition coefficient (Wildman–Crippen LogP) is 13.4. The maximum Gasteiger partial charge on any atom is 0.0753 e. The summed E-state index contributed by atoms with van der Waals surface area (Å²) in [6, 6.07) is 67.8. The van der Waals surface area contributed by atoms with Gasteiger partial charge < -0.3 is 0 Å². The Balaban J connectivity index is 1.21. The molecular weight excluding hydrogens is 639 g/mol. The Morgan fingerprint density at radius 1 is 0.340 bits per heavy atom. The fourth-order valence-electron chi connectivity index (χ4n) is 10.1. The van der Waals surface area contributed by atoms with Crippen LogP contribution in [0.5, 0.6) is 0 Å². The minimum atomic E-state index is -0.520. The Labute approximate surface area is 307 Å². The van der Waals surface area contributed by atoms with Gasteiger partial charge in [0.25, 0.3) is 0 Å². The molecule has 0 N–H and O–H groups in total. The highest BCUT2D eigenvalue weighted by atomic mass is 14.7. The van der Waals surface area contributed by atoms with Gasteiger partial charge in [-0.25, -0.2) is 0 Å². The molecule has 244 valence electrons. The number of nitrogens with zero attached hydrogens (tertiary/aromatic N) is 1. The predicted molar refractivity (Wildman–Crippen MR) is 221 cm³/mol. The number of rotatable bonds is 2. The second-order valence-electron chi connectivity index (χ2n) is 14.5. The normalized spacial score (nSPS) is 15.2. The second-order valence-corrected chi connectivity index (χ2v) is 14.5. The maximum absolute atomic E-state index is 5.12. The number of hydrogen-bond donors (Lipinski definition) is 0. The standard InChI is InChI=1S/C52H31N/c1-2-17-35-32(13-1)14-9-23-37(35)50-41-21-5-3-19-39(41)48(40-20-4-6-22-42(40)50)34-28-29-43-47(31-34)52(46-27-12-30-53-51(43)46)44-25-8-7-18-36(44)38-24-10-15-33-16-11-26-45(52)49(33)38/h1-31H. The molecule has 1 heteroatoms. The fourth-order valence-corrected chi connectivity index (χ4v) is 10.1. The highest BCUT2D eigenvalue weighted by molar-refractivity contribution is 6.23. The van der Waals surface area contributed by atoms with Gasteiger partial charge in [0.05, 0.1) is 11.1 Å². The molecule has 1 spiro atoms. The Hall–Kier alpha value is -6.83. The molecule has 0 fully saturated rings. The summed E-state index contributed by atoms with van der Waals surface area (Å²) < 4.78 is 0. The van der Waals surface area contributed by atoms with Crippen LogP contribution in [0.15, 0.2) is 188 Å². The molecule has 0 radical (unpaired) electrons. The lowest BCUT2D eigenvalue weighted by molar-refractivity contribution is 0.771. The molecule has 9 aromatic carbocycles. The minimum absolute atomic E-state index is 0.520. The molecule has 12 rings (SSSR count). The van der Waals surface area contributed by atoms with Gasteiger partial charge in [-0.3, -0.25) is 4.98 Å². The van der Waals surface area contributed by atoms with E-state index in [-0.39, 0.29) is 0 Å². The van der Waals surface area contributed by atoms with Crippen molar-refractivity contribution in [3.05, 3.63) is 210 Å². The number of benzene rings is 9. The van der Waals surface area contributed by atoms with Crippen molar-refractivity contribution in [3.63, 3.8) is 0 Å². The zero-order chi connectivity index (χ0) is 34.7. The average molecular weight is 670 g/mol. The lowest BCUT2D eigenvalue weighted by Gasteiger charge is -2.40. The van der Waals surface area contributed by atoms with E-state index >= 15 is 0 Å². The Morgan fingerprint density at radius 3 is 1.70 bits per heavy atom. The first-order chi connectivity index (χ1) is 26.3. The first kappa shape index (κ1) is 28.8. The van der Waals surface area contributed by atoms with E-state index in [4.69, 9.17) is 4.98 Å². The monoisotopic (exact) mass is 669 g/mol. The summed E-state index contributed by atoms with van der Waals surface area (Å²) >= 11 is 0. The van der Waals surface area contributed by atoms with Crippen molar-refractivity contribution in [3.8, 4) is 44.6 Å². The first-order valence-electron chi connectivity index (χ1n) is 18.5. The number of aromatic nitrogens is 1. The average Bonchev–Trinajstić information content (AvgIpc) is 3.51. The molecule has 0 saturated carbocycles. The van der Waals surface area contributed by atoms with Gasteiger partial charge in [-0.15, -0.1) is 0 Å². The van der Waals surface area contributed by atoms with Crippen LogP contribution in [0.25, 0.3) is 87.7 Å². The highest BCUT2D eigenvalue weighted by Crippen LogP contribution is 2.62. The second kappa shape index (κ2) is 10.6. The van der Waals surface area contributed by atoms with Crippen LogP contribution in [0.3, 0.4) is 0 Å². The number of hydrogen-bond acceptors (Lipinski definition) is 1.